The van der Waals surface area contributed by atoms with Gasteiger partial charge in [0.05, 0.1) is 6.54 Å². The molecule has 0 fully saturated rings. The molecule has 2 N–H and O–H groups in total. The normalized spacial score (nSPS) is 11.9. The number of aromatic nitrogens is 3. The minimum atomic E-state index is 0. The van der Waals surface area contributed by atoms with Crippen LogP contribution in [0.1, 0.15) is 45.3 Å². The van der Waals surface area contributed by atoms with Crippen LogP contribution >= 0.6 is 35.3 Å². The van der Waals surface area contributed by atoms with E-state index >= 15 is 0 Å². The Balaban J connectivity index is 0.00000420. The van der Waals surface area contributed by atoms with E-state index in [4.69, 9.17) is 4.99 Å². The van der Waals surface area contributed by atoms with E-state index in [1.807, 2.05) is 0 Å². The Morgan fingerprint density at radius 2 is 1.93 bits per heavy atom. The van der Waals surface area contributed by atoms with Crippen LogP contribution in [0.5, 0.6) is 0 Å². The third-order valence-electron chi connectivity index (χ3n) is 4.62. The second-order valence-electron chi connectivity index (χ2n) is 7.32. The van der Waals surface area contributed by atoms with E-state index in [0.717, 1.165) is 44.4 Å². The molecular weight excluding hydrogens is 497 g/mol. The first-order valence-electron chi connectivity index (χ1n) is 10.2. The highest BCUT2D eigenvalue weighted by molar-refractivity contribution is 14.0. The lowest BCUT2D eigenvalue weighted by Crippen LogP contribution is -2.45. The summed E-state index contributed by atoms with van der Waals surface area (Å²) in [6.45, 7) is 15.2. The molecule has 0 spiro atoms. The molecule has 9 heteroatoms. The zero-order valence-electron chi connectivity index (χ0n) is 18.3. The third-order valence-corrected chi connectivity index (χ3v) is 5.48. The van der Waals surface area contributed by atoms with Gasteiger partial charge in [0.25, 0.3) is 0 Å². The number of hydrogen-bond acceptors (Lipinski definition) is 5. The monoisotopic (exact) mass is 533 g/mol. The number of guanidine groups is 1. The van der Waals surface area contributed by atoms with Gasteiger partial charge < -0.3 is 15.2 Å². The zero-order valence-corrected chi connectivity index (χ0v) is 21.4. The molecule has 2 heterocycles. The number of nitrogens with one attached hydrogen (secondary N) is 2. The SMILES string of the molecule is CCc1nncn1CCNC(=NCc1cccs1)NCCN(C(C)C)C(C)C.I. The maximum absolute atomic E-state index is 4.76. The molecule has 0 aliphatic rings. The smallest absolute Gasteiger partial charge is 0.191 e. The molecule has 2 aromatic rings. The topological polar surface area (TPSA) is 70.4 Å². The summed E-state index contributed by atoms with van der Waals surface area (Å²) in [6, 6.07) is 5.25. The standard InChI is InChI=1S/C20H35N7S.HI/c1-6-19-25-24-15-26(19)11-9-21-20(23-14-18-8-7-13-28-18)22-10-12-27(16(2)3)17(4)5;/h7-8,13,15-17H,6,9-12,14H2,1-5H3,(H2,21,22,23);1H. The van der Waals surface area contributed by atoms with Gasteiger partial charge in [0.15, 0.2) is 5.96 Å². The molecule has 0 bridgehead atoms. The Kier molecular flexibility index (Phi) is 12.4. The van der Waals surface area contributed by atoms with Crippen molar-refractivity contribution in [3.05, 3.63) is 34.5 Å². The molecule has 0 unspecified atom stereocenters. The van der Waals surface area contributed by atoms with Crippen LogP contribution in [0.4, 0.5) is 0 Å². The Bertz CT molecular complexity index is 690. The van der Waals surface area contributed by atoms with Crippen molar-refractivity contribution in [3.63, 3.8) is 0 Å². The van der Waals surface area contributed by atoms with Crippen molar-refractivity contribution >= 4 is 41.3 Å². The van der Waals surface area contributed by atoms with Gasteiger partial charge in [0.2, 0.25) is 0 Å². The van der Waals surface area contributed by atoms with Crippen molar-refractivity contribution in [1.82, 2.24) is 30.3 Å². The van der Waals surface area contributed by atoms with Crippen LogP contribution < -0.4 is 10.6 Å². The van der Waals surface area contributed by atoms with Crippen LogP contribution in [0.15, 0.2) is 28.8 Å². The maximum atomic E-state index is 4.76. The van der Waals surface area contributed by atoms with E-state index in [0.29, 0.717) is 18.6 Å². The number of rotatable bonds is 11. The van der Waals surface area contributed by atoms with E-state index < -0.39 is 0 Å². The summed E-state index contributed by atoms with van der Waals surface area (Å²) in [6.07, 6.45) is 2.68. The van der Waals surface area contributed by atoms with Gasteiger partial charge >= 0.3 is 0 Å². The zero-order chi connectivity index (χ0) is 20.4. The first kappa shape index (κ1) is 25.8. The Labute approximate surface area is 196 Å². The van der Waals surface area contributed by atoms with E-state index in [1.165, 1.54) is 4.88 Å². The lowest BCUT2D eigenvalue weighted by molar-refractivity contribution is 0.178. The fourth-order valence-electron chi connectivity index (χ4n) is 3.18. The molecule has 0 atom stereocenters. The average Bonchev–Trinajstić information content (AvgIpc) is 3.33. The van der Waals surface area contributed by atoms with Crippen molar-refractivity contribution in [3.8, 4) is 0 Å². The molecule has 0 radical (unpaired) electrons. The summed E-state index contributed by atoms with van der Waals surface area (Å²) in [4.78, 5) is 8.50. The molecule has 29 heavy (non-hydrogen) atoms. The largest absolute Gasteiger partial charge is 0.355 e. The molecule has 0 amide bonds. The highest BCUT2D eigenvalue weighted by atomic mass is 127. The molecule has 0 aromatic carbocycles. The molecule has 2 rings (SSSR count). The summed E-state index contributed by atoms with van der Waals surface area (Å²) >= 11 is 1.74. The second-order valence-corrected chi connectivity index (χ2v) is 8.35. The lowest BCUT2D eigenvalue weighted by atomic mass is 10.2. The summed E-state index contributed by atoms with van der Waals surface area (Å²) in [7, 11) is 0. The van der Waals surface area contributed by atoms with Crippen molar-refractivity contribution in [2.45, 2.75) is 66.2 Å². The predicted molar refractivity (Wildman–Crippen MR) is 133 cm³/mol. The predicted octanol–water partition coefficient (Wildman–Crippen LogP) is 3.37. The van der Waals surface area contributed by atoms with Gasteiger partial charge in [-0.1, -0.05) is 13.0 Å². The molecule has 0 aliphatic carbocycles. The maximum Gasteiger partial charge on any atom is 0.191 e. The van der Waals surface area contributed by atoms with Gasteiger partial charge in [-0.2, -0.15) is 0 Å². The fraction of sp³-hybridized carbons (Fsp3) is 0.650. The van der Waals surface area contributed by atoms with Gasteiger partial charge in [-0.25, -0.2) is 4.99 Å². The molecular formula is C20H36IN7S. The van der Waals surface area contributed by atoms with Crippen LogP contribution in [0.25, 0.3) is 0 Å². The highest BCUT2D eigenvalue weighted by Gasteiger charge is 2.12. The number of halogens is 1. The van der Waals surface area contributed by atoms with E-state index in [2.05, 4.69) is 82.4 Å². The summed E-state index contributed by atoms with van der Waals surface area (Å²) in [5, 5.41) is 17.2. The van der Waals surface area contributed by atoms with Crippen LogP contribution in [0.3, 0.4) is 0 Å². The molecule has 7 nitrogen and oxygen atoms in total. The molecule has 0 aliphatic heterocycles. The van der Waals surface area contributed by atoms with Gasteiger partial charge in [-0.3, -0.25) is 4.90 Å². The first-order chi connectivity index (χ1) is 13.5. The highest BCUT2D eigenvalue weighted by Crippen LogP contribution is 2.09. The van der Waals surface area contributed by atoms with Crippen LogP contribution in [-0.2, 0) is 19.5 Å². The van der Waals surface area contributed by atoms with E-state index in [1.54, 1.807) is 17.7 Å². The van der Waals surface area contributed by atoms with Crippen LogP contribution in [-0.4, -0.2) is 57.3 Å². The minimum absolute atomic E-state index is 0. The molecule has 164 valence electrons. The van der Waals surface area contributed by atoms with E-state index in [-0.39, 0.29) is 24.0 Å². The average molecular weight is 534 g/mol. The van der Waals surface area contributed by atoms with Gasteiger partial charge in [0, 0.05) is 49.6 Å². The van der Waals surface area contributed by atoms with Crippen molar-refractivity contribution in [1.29, 1.82) is 0 Å². The van der Waals surface area contributed by atoms with Crippen molar-refractivity contribution < 1.29 is 0 Å². The van der Waals surface area contributed by atoms with Gasteiger partial charge in [-0.05, 0) is 39.1 Å². The number of hydrogen-bond donors (Lipinski definition) is 2. The van der Waals surface area contributed by atoms with Crippen molar-refractivity contribution in [2.75, 3.05) is 19.6 Å². The van der Waals surface area contributed by atoms with Gasteiger partial charge in [0.1, 0.15) is 12.2 Å². The van der Waals surface area contributed by atoms with Crippen LogP contribution in [0, 0.1) is 0 Å². The lowest BCUT2D eigenvalue weighted by Gasteiger charge is -2.30. The summed E-state index contributed by atoms with van der Waals surface area (Å²) < 4.78 is 2.09. The van der Waals surface area contributed by atoms with Crippen LogP contribution in [0.2, 0.25) is 0 Å². The Hall–Kier alpha value is -1.20. The summed E-state index contributed by atoms with van der Waals surface area (Å²) in [5.74, 6) is 1.86. The summed E-state index contributed by atoms with van der Waals surface area (Å²) in [5.41, 5.74) is 0. The third kappa shape index (κ3) is 9.00. The number of nitrogens with zero attached hydrogens (tertiary/aromatic N) is 5. The fourth-order valence-corrected chi connectivity index (χ4v) is 3.81. The minimum Gasteiger partial charge on any atom is -0.355 e. The number of thiophene rings is 1. The van der Waals surface area contributed by atoms with Gasteiger partial charge in [-0.15, -0.1) is 45.5 Å². The Morgan fingerprint density at radius 3 is 2.55 bits per heavy atom. The quantitative estimate of drug-likeness (QED) is 0.263. The van der Waals surface area contributed by atoms with Crippen molar-refractivity contribution in [2.24, 2.45) is 4.99 Å². The second kappa shape index (κ2) is 13.9. The molecule has 0 saturated carbocycles. The molecule has 0 saturated heterocycles. The number of aliphatic imine (C=N–C) groups is 1. The van der Waals surface area contributed by atoms with E-state index in [9.17, 15) is 0 Å². The molecule has 2 aromatic heterocycles. The number of aryl methyl sites for hydroxylation is 1. The first-order valence-corrected chi connectivity index (χ1v) is 11.1. The Morgan fingerprint density at radius 1 is 1.21 bits per heavy atom.